The van der Waals surface area contributed by atoms with E-state index in [9.17, 15) is 5.11 Å². The zero-order valence-electron chi connectivity index (χ0n) is 13.2. The first-order valence-electron chi connectivity index (χ1n) is 8.10. The molecule has 2 aliphatic rings. The molecule has 6 heteroatoms. The third-order valence-corrected chi connectivity index (χ3v) is 4.97. The lowest BCUT2D eigenvalue weighted by molar-refractivity contribution is -0.0781. The SMILES string of the molecule is CC1(C2CC2)COCCN1Cc1nnc(-c2cccc(O)c2)o1. The summed E-state index contributed by atoms with van der Waals surface area (Å²) in [6.45, 7) is 5.32. The summed E-state index contributed by atoms with van der Waals surface area (Å²) in [5, 5.41) is 17.9. The van der Waals surface area contributed by atoms with Crippen molar-refractivity contribution in [1.29, 1.82) is 0 Å². The number of phenols is 1. The van der Waals surface area contributed by atoms with Crippen LogP contribution in [0.3, 0.4) is 0 Å². The molecule has 1 saturated carbocycles. The van der Waals surface area contributed by atoms with E-state index in [0.29, 0.717) is 24.2 Å². The molecule has 2 aromatic rings. The number of hydrogen-bond donors (Lipinski definition) is 1. The molecule has 0 radical (unpaired) electrons. The van der Waals surface area contributed by atoms with Gasteiger partial charge in [-0.3, -0.25) is 4.90 Å². The summed E-state index contributed by atoms with van der Waals surface area (Å²) in [5.41, 5.74) is 0.799. The minimum absolute atomic E-state index is 0.0674. The molecule has 0 spiro atoms. The summed E-state index contributed by atoms with van der Waals surface area (Å²) in [7, 11) is 0. The minimum atomic E-state index is 0.0674. The van der Waals surface area contributed by atoms with Crippen LogP contribution in [0.2, 0.25) is 0 Å². The summed E-state index contributed by atoms with van der Waals surface area (Å²) in [6, 6.07) is 6.86. The van der Waals surface area contributed by atoms with Gasteiger partial charge in [-0.2, -0.15) is 0 Å². The number of ether oxygens (including phenoxy) is 1. The Morgan fingerprint density at radius 3 is 3.00 bits per heavy atom. The molecular weight excluding hydrogens is 294 g/mol. The minimum Gasteiger partial charge on any atom is -0.508 e. The molecule has 2 heterocycles. The third kappa shape index (κ3) is 2.84. The molecule has 1 aliphatic carbocycles. The van der Waals surface area contributed by atoms with Gasteiger partial charge in [0, 0.05) is 17.6 Å². The fraction of sp³-hybridized carbons (Fsp3) is 0.529. The molecule has 1 aromatic carbocycles. The Bertz CT molecular complexity index is 698. The smallest absolute Gasteiger partial charge is 0.247 e. The van der Waals surface area contributed by atoms with Crippen molar-refractivity contribution in [3.8, 4) is 17.2 Å². The van der Waals surface area contributed by atoms with Gasteiger partial charge in [-0.25, -0.2) is 0 Å². The van der Waals surface area contributed by atoms with Crippen LogP contribution in [0.25, 0.3) is 11.5 Å². The second-order valence-corrected chi connectivity index (χ2v) is 6.66. The molecule has 4 rings (SSSR count). The maximum absolute atomic E-state index is 9.57. The first-order valence-corrected chi connectivity index (χ1v) is 8.10. The maximum Gasteiger partial charge on any atom is 0.247 e. The summed E-state index contributed by atoms with van der Waals surface area (Å²) in [4.78, 5) is 2.41. The largest absolute Gasteiger partial charge is 0.508 e. The van der Waals surface area contributed by atoms with Gasteiger partial charge in [0.2, 0.25) is 11.8 Å². The highest BCUT2D eigenvalue weighted by molar-refractivity contribution is 5.54. The molecule has 1 unspecified atom stereocenters. The molecule has 1 aliphatic heterocycles. The number of aromatic hydroxyl groups is 1. The summed E-state index contributed by atoms with van der Waals surface area (Å²) >= 11 is 0. The van der Waals surface area contributed by atoms with E-state index < -0.39 is 0 Å². The Kier molecular flexibility index (Phi) is 3.58. The van der Waals surface area contributed by atoms with E-state index in [1.165, 1.54) is 12.8 Å². The van der Waals surface area contributed by atoms with Crippen molar-refractivity contribution in [1.82, 2.24) is 15.1 Å². The van der Waals surface area contributed by atoms with Crippen LogP contribution in [0, 0.1) is 5.92 Å². The monoisotopic (exact) mass is 315 g/mol. The highest BCUT2D eigenvalue weighted by Crippen LogP contribution is 2.44. The van der Waals surface area contributed by atoms with Gasteiger partial charge >= 0.3 is 0 Å². The Morgan fingerprint density at radius 1 is 1.35 bits per heavy atom. The predicted octanol–water partition coefficient (Wildman–Crippen LogP) is 2.44. The number of hydrogen-bond acceptors (Lipinski definition) is 6. The van der Waals surface area contributed by atoms with Crippen molar-refractivity contribution in [2.45, 2.75) is 31.8 Å². The van der Waals surface area contributed by atoms with E-state index >= 15 is 0 Å². The molecule has 6 nitrogen and oxygen atoms in total. The lowest BCUT2D eigenvalue weighted by Crippen LogP contribution is -2.55. The van der Waals surface area contributed by atoms with E-state index in [2.05, 4.69) is 22.0 Å². The Hall–Kier alpha value is -1.92. The van der Waals surface area contributed by atoms with Gasteiger partial charge in [-0.1, -0.05) is 6.07 Å². The van der Waals surface area contributed by atoms with E-state index in [0.717, 1.165) is 25.3 Å². The van der Waals surface area contributed by atoms with Gasteiger partial charge in [-0.15, -0.1) is 10.2 Å². The Balaban J connectivity index is 1.53. The van der Waals surface area contributed by atoms with Gasteiger partial charge < -0.3 is 14.3 Å². The number of nitrogens with zero attached hydrogens (tertiary/aromatic N) is 3. The van der Waals surface area contributed by atoms with Crippen molar-refractivity contribution in [2.24, 2.45) is 5.92 Å². The Labute approximate surface area is 135 Å². The van der Waals surface area contributed by atoms with Crippen LogP contribution < -0.4 is 0 Å². The quantitative estimate of drug-likeness (QED) is 0.934. The maximum atomic E-state index is 9.57. The predicted molar refractivity (Wildman–Crippen MR) is 83.8 cm³/mol. The molecule has 122 valence electrons. The molecule has 23 heavy (non-hydrogen) atoms. The standard InChI is InChI=1S/C17H21N3O3/c1-17(13-5-6-13)11-22-8-7-20(17)10-15-18-19-16(23-15)12-3-2-4-14(21)9-12/h2-4,9,13,21H,5-8,10-11H2,1H3. The average molecular weight is 315 g/mol. The average Bonchev–Trinajstić information content (AvgIpc) is 3.30. The van der Waals surface area contributed by atoms with Crippen LogP contribution >= 0.6 is 0 Å². The second kappa shape index (κ2) is 5.62. The fourth-order valence-corrected chi connectivity index (χ4v) is 3.38. The molecule has 2 fully saturated rings. The first kappa shape index (κ1) is 14.7. The molecule has 1 saturated heterocycles. The van der Waals surface area contributed by atoms with Gasteiger partial charge in [-0.05, 0) is 43.9 Å². The summed E-state index contributed by atoms with van der Waals surface area (Å²) in [5.74, 6) is 1.95. The van der Waals surface area contributed by atoms with Crippen molar-refractivity contribution < 1.29 is 14.3 Å². The molecule has 1 aromatic heterocycles. The van der Waals surface area contributed by atoms with E-state index in [4.69, 9.17) is 9.15 Å². The van der Waals surface area contributed by atoms with Crippen LogP contribution in [-0.4, -0.2) is 45.5 Å². The molecule has 0 amide bonds. The lowest BCUT2D eigenvalue weighted by Gasteiger charge is -2.44. The van der Waals surface area contributed by atoms with Crippen LogP contribution in [0.5, 0.6) is 5.75 Å². The zero-order chi connectivity index (χ0) is 15.9. The highest BCUT2D eigenvalue weighted by atomic mass is 16.5. The number of aromatic nitrogens is 2. The molecule has 1 atom stereocenters. The highest BCUT2D eigenvalue weighted by Gasteiger charge is 2.47. The first-order chi connectivity index (χ1) is 11.1. The normalized spacial score (nSPS) is 25.6. The van der Waals surface area contributed by atoms with Gasteiger partial charge in [0.15, 0.2) is 0 Å². The van der Waals surface area contributed by atoms with E-state index in [1.807, 2.05) is 6.07 Å². The van der Waals surface area contributed by atoms with Crippen LogP contribution in [0.4, 0.5) is 0 Å². The van der Waals surface area contributed by atoms with Crippen LogP contribution in [0.15, 0.2) is 28.7 Å². The van der Waals surface area contributed by atoms with Crippen molar-refractivity contribution in [3.63, 3.8) is 0 Å². The van der Waals surface area contributed by atoms with Gasteiger partial charge in [0.1, 0.15) is 5.75 Å². The van der Waals surface area contributed by atoms with Crippen LogP contribution in [-0.2, 0) is 11.3 Å². The summed E-state index contributed by atoms with van der Waals surface area (Å²) in [6.07, 6.45) is 2.55. The number of benzene rings is 1. The lowest BCUT2D eigenvalue weighted by atomic mass is 9.93. The second-order valence-electron chi connectivity index (χ2n) is 6.66. The molecule has 1 N–H and O–H groups in total. The number of phenolic OH excluding ortho intramolecular Hbond substituents is 1. The van der Waals surface area contributed by atoms with Crippen molar-refractivity contribution in [2.75, 3.05) is 19.8 Å². The van der Waals surface area contributed by atoms with Crippen molar-refractivity contribution >= 4 is 0 Å². The Morgan fingerprint density at radius 2 is 2.22 bits per heavy atom. The number of rotatable bonds is 4. The van der Waals surface area contributed by atoms with E-state index in [-0.39, 0.29) is 11.3 Å². The number of morpholine rings is 1. The van der Waals surface area contributed by atoms with Gasteiger partial charge in [0.25, 0.3) is 0 Å². The third-order valence-electron chi connectivity index (χ3n) is 4.97. The van der Waals surface area contributed by atoms with Crippen LogP contribution in [0.1, 0.15) is 25.7 Å². The van der Waals surface area contributed by atoms with Crippen molar-refractivity contribution in [3.05, 3.63) is 30.2 Å². The van der Waals surface area contributed by atoms with E-state index in [1.54, 1.807) is 18.2 Å². The zero-order valence-corrected chi connectivity index (χ0v) is 13.2. The fourth-order valence-electron chi connectivity index (χ4n) is 3.38. The molecular formula is C17H21N3O3. The summed E-state index contributed by atoms with van der Waals surface area (Å²) < 4.78 is 11.5. The van der Waals surface area contributed by atoms with Gasteiger partial charge in [0.05, 0.1) is 19.8 Å². The topological polar surface area (TPSA) is 71.6 Å². The molecule has 0 bridgehead atoms.